The van der Waals surface area contributed by atoms with Crippen LogP contribution in [0.15, 0.2) is 35.5 Å². The van der Waals surface area contributed by atoms with Gasteiger partial charge in [-0.2, -0.15) is 5.10 Å². The van der Waals surface area contributed by atoms with Gasteiger partial charge < -0.3 is 9.47 Å². The van der Waals surface area contributed by atoms with Crippen LogP contribution < -0.4 is 9.88 Å². The van der Waals surface area contributed by atoms with E-state index in [1.807, 2.05) is 24.3 Å². The predicted octanol–water partition coefficient (Wildman–Crippen LogP) is 0.701. The van der Waals surface area contributed by atoms with Crippen molar-refractivity contribution in [3.05, 3.63) is 41.6 Å². The second kappa shape index (κ2) is 5.71. The van der Waals surface area contributed by atoms with Gasteiger partial charge in [-0.25, -0.2) is 13.6 Å². The molecular formula is C14H17N3O4S. The van der Waals surface area contributed by atoms with Gasteiger partial charge in [0, 0.05) is 18.2 Å². The zero-order valence-corrected chi connectivity index (χ0v) is 12.9. The zero-order valence-electron chi connectivity index (χ0n) is 12.1. The summed E-state index contributed by atoms with van der Waals surface area (Å²) in [6.45, 7) is 1.07. The number of nitrogens with two attached hydrogens (primary N) is 1. The molecule has 0 aliphatic carbocycles. The van der Waals surface area contributed by atoms with Crippen LogP contribution >= 0.6 is 0 Å². The molecule has 0 saturated carbocycles. The maximum Gasteiger partial charge on any atom is 0.257 e. The first-order valence-corrected chi connectivity index (χ1v) is 8.33. The summed E-state index contributed by atoms with van der Waals surface area (Å²) in [5.74, 6) is 0.748. The van der Waals surface area contributed by atoms with E-state index < -0.39 is 10.0 Å². The van der Waals surface area contributed by atoms with E-state index in [-0.39, 0.29) is 11.1 Å². The summed E-state index contributed by atoms with van der Waals surface area (Å²) in [5, 5.41) is 9.33. The Kier molecular flexibility index (Phi) is 3.90. The highest BCUT2D eigenvalue weighted by Crippen LogP contribution is 2.23. The molecule has 0 amide bonds. The molecular weight excluding hydrogens is 306 g/mol. The quantitative estimate of drug-likeness (QED) is 0.874. The maximum absolute atomic E-state index is 11.7. The van der Waals surface area contributed by atoms with Gasteiger partial charge >= 0.3 is 0 Å². The summed E-state index contributed by atoms with van der Waals surface area (Å²) in [6, 6.07) is 7.50. The van der Waals surface area contributed by atoms with Crippen LogP contribution in [0.5, 0.6) is 5.75 Å². The van der Waals surface area contributed by atoms with E-state index in [2.05, 4.69) is 5.10 Å². The van der Waals surface area contributed by atoms with Crippen molar-refractivity contribution < 1.29 is 17.9 Å². The lowest BCUT2D eigenvalue weighted by Crippen LogP contribution is -2.31. The van der Waals surface area contributed by atoms with E-state index in [9.17, 15) is 8.42 Å². The fourth-order valence-corrected chi connectivity index (χ4v) is 3.00. The third-order valence-corrected chi connectivity index (χ3v) is 4.47. The first-order chi connectivity index (χ1) is 10.5. The van der Waals surface area contributed by atoms with Crippen LogP contribution in [-0.4, -0.2) is 38.5 Å². The second-order valence-electron chi connectivity index (χ2n) is 5.20. The van der Waals surface area contributed by atoms with E-state index in [0.717, 1.165) is 11.3 Å². The van der Waals surface area contributed by atoms with Gasteiger partial charge in [0.05, 0.1) is 26.4 Å². The molecule has 1 aromatic carbocycles. The SMILES string of the molecule is COc1ccc(Cc2cn(C3COC3)nc2S(N)(=O)=O)cc1. The van der Waals surface area contributed by atoms with Crippen molar-refractivity contribution in [1.29, 1.82) is 0 Å². The largest absolute Gasteiger partial charge is 0.497 e. The van der Waals surface area contributed by atoms with E-state index in [0.29, 0.717) is 25.2 Å². The van der Waals surface area contributed by atoms with Crippen molar-refractivity contribution in [3.8, 4) is 5.75 Å². The molecule has 0 spiro atoms. The van der Waals surface area contributed by atoms with Crippen LogP contribution in [0.2, 0.25) is 0 Å². The maximum atomic E-state index is 11.7. The summed E-state index contributed by atoms with van der Waals surface area (Å²) < 4.78 is 35.3. The molecule has 2 aromatic rings. The van der Waals surface area contributed by atoms with E-state index >= 15 is 0 Å². The van der Waals surface area contributed by atoms with Crippen LogP contribution in [0.25, 0.3) is 0 Å². The molecule has 1 aliphatic heterocycles. The Hall–Kier alpha value is -1.90. The van der Waals surface area contributed by atoms with Gasteiger partial charge in [0.2, 0.25) is 0 Å². The highest BCUT2D eigenvalue weighted by Gasteiger charge is 2.26. The number of ether oxygens (including phenoxy) is 2. The third kappa shape index (κ3) is 2.99. The molecule has 3 rings (SSSR count). The molecule has 0 atom stereocenters. The number of nitrogens with zero attached hydrogens (tertiary/aromatic N) is 2. The van der Waals surface area contributed by atoms with Crippen molar-refractivity contribution in [3.63, 3.8) is 0 Å². The fraction of sp³-hybridized carbons (Fsp3) is 0.357. The third-order valence-electron chi connectivity index (χ3n) is 3.59. The number of methoxy groups -OCH3 is 1. The molecule has 1 aromatic heterocycles. The monoisotopic (exact) mass is 323 g/mol. The number of rotatable bonds is 5. The van der Waals surface area contributed by atoms with Crippen molar-refractivity contribution in [2.75, 3.05) is 20.3 Å². The van der Waals surface area contributed by atoms with Crippen molar-refractivity contribution in [1.82, 2.24) is 9.78 Å². The smallest absolute Gasteiger partial charge is 0.257 e. The van der Waals surface area contributed by atoms with Gasteiger partial charge in [-0.1, -0.05) is 12.1 Å². The topological polar surface area (TPSA) is 96.4 Å². The summed E-state index contributed by atoms with van der Waals surface area (Å²) in [7, 11) is -2.26. The number of primary sulfonamides is 1. The molecule has 8 heteroatoms. The summed E-state index contributed by atoms with van der Waals surface area (Å²) in [6.07, 6.45) is 2.17. The Labute approximate surface area is 128 Å². The summed E-state index contributed by atoms with van der Waals surface area (Å²) in [4.78, 5) is 0. The van der Waals surface area contributed by atoms with Gasteiger partial charge in [-0.3, -0.25) is 4.68 Å². The molecule has 0 unspecified atom stereocenters. The lowest BCUT2D eigenvalue weighted by molar-refractivity contribution is -0.0291. The first kappa shape index (κ1) is 15.0. The van der Waals surface area contributed by atoms with Crippen LogP contribution in [0.1, 0.15) is 17.2 Å². The number of benzene rings is 1. The summed E-state index contributed by atoms with van der Waals surface area (Å²) >= 11 is 0. The number of aromatic nitrogens is 2. The van der Waals surface area contributed by atoms with Gasteiger partial charge in [0.15, 0.2) is 5.03 Å². The van der Waals surface area contributed by atoms with E-state index in [1.54, 1.807) is 18.0 Å². The Morgan fingerprint density at radius 1 is 1.36 bits per heavy atom. The number of hydrogen-bond acceptors (Lipinski definition) is 5. The average molecular weight is 323 g/mol. The lowest BCUT2D eigenvalue weighted by atomic mass is 10.1. The Morgan fingerprint density at radius 2 is 2.05 bits per heavy atom. The second-order valence-corrected chi connectivity index (χ2v) is 6.68. The van der Waals surface area contributed by atoms with Crippen LogP contribution in [0.4, 0.5) is 0 Å². The standard InChI is InChI=1S/C14H17N3O4S/c1-20-13-4-2-10(3-5-13)6-11-7-17(12-8-21-9-12)16-14(11)22(15,18)19/h2-5,7,12H,6,8-9H2,1H3,(H2,15,18,19). The minimum Gasteiger partial charge on any atom is -0.497 e. The molecule has 2 heterocycles. The predicted molar refractivity (Wildman–Crippen MR) is 79.3 cm³/mol. The van der Waals surface area contributed by atoms with Crippen LogP contribution in [0, 0.1) is 0 Å². The number of hydrogen-bond donors (Lipinski definition) is 1. The molecule has 118 valence electrons. The molecule has 1 aliphatic rings. The summed E-state index contributed by atoms with van der Waals surface area (Å²) in [5.41, 5.74) is 1.54. The molecule has 0 bridgehead atoms. The minimum atomic E-state index is -3.86. The molecule has 0 radical (unpaired) electrons. The minimum absolute atomic E-state index is 0.0739. The molecule has 7 nitrogen and oxygen atoms in total. The van der Waals surface area contributed by atoms with E-state index in [1.165, 1.54) is 0 Å². The normalized spacial score (nSPS) is 15.5. The Bertz CT molecular complexity index is 764. The Balaban J connectivity index is 1.91. The average Bonchev–Trinajstić information content (AvgIpc) is 2.81. The molecule has 1 saturated heterocycles. The Morgan fingerprint density at radius 3 is 2.55 bits per heavy atom. The molecule has 22 heavy (non-hydrogen) atoms. The van der Waals surface area contributed by atoms with Gasteiger partial charge in [-0.05, 0) is 17.7 Å². The lowest BCUT2D eigenvalue weighted by Gasteiger charge is -2.25. The number of sulfonamides is 1. The molecule has 2 N–H and O–H groups in total. The van der Waals surface area contributed by atoms with Gasteiger partial charge in [-0.15, -0.1) is 0 Å². The fourth-order valence-electron chi connectivity index (χ4n) is 2.30. The van der Waals surface area contributed by atoms with Gasteiger partial charge in [0.25, 0.3) is 10.0 Å². The highest BCUT2D eigenvalue weighted by atomic mass is 32.2. The van der Waals surface area contributed by atoms with Crippen molar-refractivity contribution in [2.45, 2.75) is 17.5 Å². The highest BCUT2D eigenvalue weighted by molar-refractivity contribution is 7.89. The molecule has 1 fully saturated rings. The first-order valence-electron chi connectivity index (χ1n) is 6.79. The van der Waals surface area contributed by atoms with Gasteiger partial charge in [0.1, 0.15) is 5.75 Å². The van der Waals surface area contributed by atoms with Crippen LogP contribution in [-0.2, 0) is 21.2 Å². The van der Waals surface area contributed by atoms with Crippen molar-refractivity contribution >= 4 is 10.0 Å². The van der Waals surface area contributed by atoms with Crippen molar-refractivity contribution in [2.24, 2.45) is 5.14 Å². The van der Waals surface area contributed by atoms with E-state index in [4.69, 9.17) is 14.6 Å². The van der Waals surface area contributed by atoms with Crippen LogP contribution in [0.3, 0.4) is 0 Å². The zero-order chi connectivity index (χ0) is 15.7.